The lowest BCUT2D eigenvalue weighted by Gasteiger charge is -2.13. The van der Waals surface area contributed by atoms with Crippen LogP contribution in [0.5, 0.6) is 0 Å². The van der Waals surface area contributed by atoms with Crippen molar-refractivity contribution in [3.05, 3.63) is 81.7 Å². The summed E-state index contributed by atoms with van der Waals surface area (Å²) < 4.78 is 0. The first-order chi connectivity index (χ1) is 14.2. The van der Waals surface area contributed by atoms with Crippen molar-refractivity contribution < 1.29 is 0 Å². The zero-order valence-corrected chi connectivity index (χ0v) is 16.2. The maximum absolute atomic E-state index is 12.1. The van der Waals surface area contributed by atoms with Crippen molar-refractivity contribution in [2.75, 3.05) is 0 Å². The van der Waals surface area contributed by atoms with Gasteiger partial charge in [-0.3, -0.25) is 4.79 Å². The van der Waals surface area contributed by atoms with Crippen molar-refractivity contribution in [1.29, 1.82) is 5.26 Å². The quantitative estimate of drug-likeness (QED) is 0.528. The number of imidazole rings is 1. The lowest BCUT2D eigenvalue weighted by atomic mass is 9.95. The summed E-state index contributed by atoms with van der Waals surface area (Å²) in [5.74, 6) is 0. The number of nitrogens with zero attached hydrogens (tertiary/aromatic N) is 3. The summed E-state index contributed by atoms with van der Waals surface area (Å²) >= 11 is 0. The normalized spacial score (nSPS) is 10.9. The van der Waals surface area contributed by atoms with E-state index in [1.165, 1.54) is 0 Å². The lowest BCUT2D eigenvalue weighted by Crippen LogP contribution is -2.12. The first-order valence-corrected chi connectivity index (χ1v) is 9.61. The van der Waals surface area contributed by atoms with Crippen molar-refractivity contribution in [2.24, 2.45) is 0 Å². The highest BCUT2D eigenvalue weighted by Crippen LogP contribution is 2.27. The molecule has 3 heterocycles. The van der Waals surface area contributed by atoms with E-state index in [1.807, 2.05) is 12.1 Å². The van der Waals surface area contributed by atoms with Crippen LogP contribution < -0.4 is 5.56 Å². The van der Waals surface area contributed by atoms with E-state index < -0.39 is 0 Å². The summed E-state index contributed by atoms with van der Waals surface area (Å²) in [6.07, 6.45) is 7.61. The predicted molar refractivity (Wildman–Crippen MR) is 112 cm³/mol. The molecule has 0 bridgehead atoms. The number of nitrogens with one attached hydrogen (secondary N) is 2. The third-order valence-electron chi connectivity index (χ3n) is 5.20. The minimum absolute atomic E-state index is 0.0507. The smallest absolute Gasteiger partial charge is 0.251 e. The molecule has 3 aromatic heterocycles. The van der Waals surface area contributed by atoms with E-state index in [0.29, 0.717) is 19.3 Å². The number of aromatic amines is 2. The Morgan fingerprint density at radius 2 is 1.93 bits per heavy atom. The molecule has 0 aliphatic rings. The van der Waals surface area contributed by atoms with E-state index in [2.05, 4.69) is 46.1 Å². The molecule has 0 aliphatic heterocycles. The highest BCUT2D eigenvalue weighted by atomic mass is 16.1. The molecule has 0 saturated heterocycles. The number of fused-ring (bicyclic) bond motifs is 1. The van der Waals surface area contributed by atoms with Gasteiger partial charge in [0.15, 0.2) is 0 Å². The van der Waals surface area contributed by atoms with Gasteiger partial charge in [0.1, 0.15) is 0 Å². The van der Waals surface area contributed by atoms with Gasteiger partial charge >= 0.3 is 0 Å². The Balaban J connectivity index is 1.80. The second kappa shape index (κ2) is 8.11. The van der Waals surface area contributed by atoms with Gasteiger partial charge in [-0.2, -0.15) is 5.26 Å². The van der Waals surface area contributed by atoms with E-state index in [0.717, 1.165) is 51.0 Å². The van der Waals surface area contributed by atoms with Gasteiger partial charge in [0.05, 0.1) is 35.5 Å². The molecule has 4 aromatic rings. The average Bonchev–Trinajstić information content (AvgIpc) is 3.26. The fraction of sp³-hybridized carbons (Fsp3) is 0.217. The molecular formula is C23H21N5O. The van der Waals surface area contributed by atoms with Crippen LogP contribution in [0.3, 0.4) is 0 Å². The van der Waals surface area contributed by atoms with Crippen LogP contribution in [0.15, 0.2) is 53.8 Å². The predicted octanol–water partition coefficient (Wildman–Crippen LogP) is 3.86. The Kier molecular flexibility index (Phi) is 5.21. The largest absolute Gasteiger partial charge is 0.343 e. The summed E-state index contributed by atoms with van der Waals surface area (Å²) in [5.41, 5.74) is 6.73. The molecule has 0 radical (unpaired) electrons. The zero-order chi connectivity index (χ0) is 20.2. The van der Waals surface area contributed by atoms with Crippen LogP contribution in [0.2, 0.25) is 0 Å². The molecule has 0 aliphatic carbocycles. The fourth-order valence-corrected chi connectivity index (χ4v) is 3.62. The molecule has 0 saturated carbocycles. The van der Waals surface area contributed by atoms with Gasteiger partial charge < -0.3 is 9.97 Å². The number of benzene rings is 1. The van der Waals surface area contributed by atoms with E-state index in [4.69, 9.17) is 10.2 Å². The van der Waals surface area contributed by atoms with Gasteiger partial charge in [-0.25, -0.2) is 9.97 Å². The van der Waals surface area contributed by atoms with Crippen LogP contribution in [-0.4, -0.2) is 19.9 Å². The second-order valence-corrected chi connectivity index (χ2v) is 7.11. The molecule has 1 aromatic carbocycles. The minimum Gasteiger partial charge on any atom is -0.343 e. The third kappa shape index (κ3) is 3.94. The number of pyridine rings is 2. The highest BCUT2D eigenvalue weighted by molar-refractivity contribution is 5.86. The molecule has 0 fully saturated rings. The van der Waals surface area contributed by atoms with Gasteiger partial charge in [-0.15, -0.1) is 0 Å². The highest BCUT2D eigenvalue weighted by Gasteiger charge is 2.12. The van der Waals surface area contributed by atoms with Crippen LogP contribution in [0.25, 0.3) is 22.3 Å². The first-order valence-electron chi connectivity index (χ1n) is 9.61. The van der Waals surface area contributed by atoms with Crippen LogP contribution in [0.4, 0.5) is 0 Å². The van der Waals surface area contributed by atoms with Crippen molar-refractivity contribution >= 4 is 10.9 Å². The van der Waals surface area contributed by atoms with E-state index in [9.17, 15) is 4.79 Å². The number of rotatable bonds is 6. The first kappa shape index (κ1) is 18.6. The Hall–Kier alpha value is -3.72. The Morgan fingerprint density at radius 1 is 1.07 bits per heavy atom. The number of aryl methyl sites for hydroxylation is 4. The number of hydrogen-bond acceptors (Lipinski definition) is 4. The Bertz CT molecular complexity index is 1250. The fourth-order valence-electron chi connectivity index (χ4n) is 3.62. The molecule has 0 unspecified atom stereocenters. The van der Waals surface area contributed by atoms with E-state index in [1.54, 1.807) is 18.7 Å². The van der Waals surface area contributed by atoms with Crippen LogP contribution in [-0.2, 0) is 19.3 Å². The van der Waals surface area contributed by atoms with Crippen molar-refractivity contribution in [2.45, 2.75) is 32.6 Å². The van der Waals surface area contributed by atoms with Crippen LogP contribution >= 0.6 is 0 Å². The van der Waals surface area contributed by atoms with Crippen molar-refractivity contribution in [3.63, 3.8) is 0 Å². The molecule has 0 spiro atoms. The maximum atomic E-state index is 12.1. The molecular weight excluding hydrogens is 362 g/mol. The standard InChI is InChI=1S/C23H21N5O/c1-15-10-20-19(11-17(15)4-2-8-24)18(7-6-16-5-3-9-26-23(16)29)12-21(28-20)22-13-25-14-27-22/h3,5,9-14H,2,4,6-7H2,1H3,(H,25,27)(H,26,29). The summed E-state index contributed by atoms with van der Waals surface area (Å²) in [6, 6.07) is 12.2. The van der Waals surface area contributed by atoms with Crippen LogP contribution in [0, 0.1) is 18.3 Å². The van der Waals surface area contributed by atoms with Crippen molar-refractivity contribution in [3.8, 4) is 17.5 Å². The lowest BCUT2D eigenvalue weighted by molar-refractivity contribution is 0.937. The number of hydrogen-bond donors (Lipinski definition) is 2. The Morgan fingerprint density at radius 3 is 2.69 bits per heavy atom. The maximum Gasteiger partial charge on any atom is 0.251 e. The minimum atomic E-state index is -0.0507. The molecule has 144 valence electrons. The van der Waals surface area contributed by atoms with Gasteiger partial charge in [0.25, 0.3) is 5.56 Å². The molecule has 2 N–H and O–H groups in total. The number of H-pyrrole nitrogens is 2. The van der Waals surface area contributed by atoms with Gasteiger partial charge in [0, 0.05) is 23.6 Å². The average molecular weight is 383 g/mol. The van der Waals surface area contributed by atoms with Crippen molar-refractivity contribution in [1.82, 2.24) is 19.9 Å². The number of aromatic nitrogens is 4. The van der Waals surface area contributed by atoms with E-state index in [-0.39, 0.29) is 5.56 Å². The summed E-state index contributed by atoms with van der Waals surface area (Å²) in [5, 5.41) is 10.0. The topological polar surface area (TPSA) is 98.2 Å². The number of nitriles is 1. The molecule has 0 atom stereocenters. The van der Waals surface area contributed by atoms with Gasteiger partial charge in [0.2, 0.25) is 0 Å². The molecule has 6 nitrogen and oxygen atoms in total. The second-order valence-electron chi connectivity index (χ2n) is 7.11. The van der Waals surface area contributed by atoms with Gasteiger partial charge in [-0.05, 0) is 67.1 Å². The summed E-state index contributed by atoms with van der Waals surface area (Å²) in [7, 11) is 0. The molecule has 4 rings (SSSR count). The Labute approximate surface area is 168 Å². The van der Waals surface area contributed by atoms with E-state index >= 15 is 0 Å². The van der Waals surface area contributed by atoms with Crippen LogP contribution in [0.1, 0.15) is 28.7 Å². The monoisotopic (exact) mass is 383 g/mol. The SMILES string of the molecule is Cc1cc2nc(-c3cnc[nH]3)cc(CCc3ccc[nH]c3=O)c2cc1CCC#N. The molecule has 29 heavy (non-hydrogen) atoms. The molecule has 6 heteroatoms. The van der Waals surface area contributed by atoms with Gasteiger partial charge in [-0.1, -0.05) is 6.07 Å². The zero-order valence-electron chi connectivity index (χ0n) is 16.2. The molecule has 0 amide bonds. The third-order valence-corrected chi connectivity index (χ3v) is 5.20. The summed E-state index contributed by atoms with van der Waals surface area (Å²) in [6.45, 7) is 2.06. The summed E-state index contributed by atoms with van der Waals surface area (Å²) in [4.78, 5) is 26.9.